The molecule has 1 fully saturated rings. The van der Waals surface area contributed by atoms with Crippen LogP contribution in [-0.2, 0) is 22.6 Å². The number of nitrogens with one attached hydrogen (secondary N) is 1. The summed E-state index contributed by atoms with van der Waals surface area (Å²) in [5.41, 5.74) is 2.98. The number of alkyl carbamates (subject to hydrolysis) is 1. The number of hydrogen-bond donors (Lipinski definition) is 1. The number of benzene rings is 3. The quantitative estimate of drug-likeness (QED) is 0.514. The first-order chi connectivity index (χ1) is 17.6. The predicted molar refractivity (Wildman–Crippen MR) is 140 cm³/mol. The zero-order valence-electron chi connectivity index (χ0n) is 20.6. The minimum Gasteiger partial charge on any atom is -0.497 e. The van der Waals surface area contributed by atoms with Crippen molar-refractivity contribution in [3.8, 4) is 5.75 Å². The van der Waals surface area contributed by atoms with E-state index in [-0.39, 0.29) is 12.5 Å². The summed E-state index contributed by atoms with van der Waals surface area (Å²) in [7, 11) is 1.65. The lowest BCUT2D eigenvalue weighted by molar-refractivity contribution is -0.133. The molecule has 1 saturated heterocycles. The standard InChI is InChI=1S/C29H33N3O4/c1-35-26-15-13-25(14-16-26)31-17-8-18-32(20-19-31)28(33)27(21-23-9-4-2-5-10-23)30-29(34)36-22-24-11-6-3-7-12-24/h2-7,9-16,27H,8,17-22H2,1H3,(H,30,34). The molecule has 1 aliphatic heterocycles. The van der Waals surface area contributed by atoms with Crippen LogP contribution >= 0.6 is 0 Å². The fourth-order valence-corrected chi connectivity index (χ4v) is 4.37. The molecular formula is C29H33N3O4. The summed E-state index contributed by atoms with van der Waals surface area (Å²) in [5, 5.41) is 2.83. The van der Waals surface area contributed by atoms with Crippen LogP contribution in [0.3, 0.4) is 0 Å². The maximum Gasteiger partial charge on any atom is 0.408 e. The molecule has 36 heavy (non-hydrogen) atoms. The third kappa shape index (κ3) is 7.01. The summed E-state index contributed by atoms with van der Waals surface area (Å²) in [6.07, 6.45) is 0.649. The Kier molecular flexibility index (Phi) is 8.81. The van der Waals surface area contributed by atoms with Gasteiger partial charge in [-0.1, -0.05) is 60.7 Å². The maximum atomic E-state index is 13.6. The van der Waals surface area contributed by atoms with E-state index in [1.807, 2.05) is 89.8 Å². The maximum absolute atomic E-state index is 13.6. The van der Waals surface area contributed by atoms with Gasteiger partial charge in [0.1, 0.15) is 18.4 Å². The second-order valence-electron chi connectivity index (χ2n) is 8.81. The summed E-state index contributed by atoms with van der Waals surface area (Å²) >= 11 is 0. The van der Waals surface area contributed by atoms with Crippen LogP contribution in [0.4, 0.5) is 10.5 Å². The molecule has 1 aliphatic rings. The lowest BCUT2D eigenvalue weighted by atomic mass is 10.0. The molecule has 7 nitrogen and oxygen atoms in total. The zero-order chi connectivity index (χ0) is 25.2. The van der Waals surface area contributed by atoms with Crippen LogP contribution in [0.5, 0.6) is 5.75 Å². The van der Waals surface area contributed by atoms with E-state index in [9.17, 15) is 9.59 Å². The Morgan fingerprint density at radius 3 is 2.17 bits per heavy atom. The van der Waals surface area contributed by atoms with Crippen molar-refractivity contribution in [3.05, 3.63) is 96.1 Å². The zero-order valence-corrected chi connectivity index (χ0v) is 20.6. The van der Waals surface area contributed by atoms with Crippen molar-refractivity contribution in [2.24, 2.45) is 0 Å². The minimum absolute atomic E-state index is 0.0907. The van der Waals surface area contributed by atoms with E-state index in [0.29, 0.717) is 26.1 Å². The highest BCUT2D eigenvalue weighted by molar-refractivity contribution is 5.86. The Balaban J connectivity index is 1.40. The third-order valence-corrected chi connectivity index (χ3v) is 6.33. The van der Waals surface area contributed by atoms with E-state index in [1.165, 1.54) is 0 Å². The number of hydrogen-bond acceptors (Lipinski definition) is 5. The van der Waals surface area contributed by atoms with E-state index in [0.717, 1.165) is 35.5 Å². The molecule has 4 rings (SSSR count). The SMILES string of the molecule is COc1ccc(N2CCCN(C(=O)C(Cc3ccccc3)NC(=O)OCc3ccccc3)CC2)cc1. The Morgan fingerprint density at radius 2 is 1.50 bits per heavy atom. The topological polar surface area (TPSA) is 71.1 Å². The Morgan fingerprint density at radius 1 is 0.833 bits per heavy atom. The molecule has 0 aliphatic carbocycles. The van der Waals surface area contributed by atoms with Gasteiger partial charge in [0.25, 0.3) is 0 Å². The van der Waals surface area contributed by atoms with Gasteiger partial charge in [-0.25, -0.2) is 4.79 Å². The van der Waals surface area contributed by atoms with Crippen molar-refractivity contribution in [1.82, 2.24) is 10.2 Å². The van der Waals surface area contributed by atoms with Crippen molar-refractivity contribution in [1.29, 1.82) is 0 Å². The van der Waals surface area contributed by atoms with Gasteiger partial charge in [0.15, 0.2) is 0 Å². The van der Waals surface area contributed by atoms with Gasteiger partial charge in [-0.15, -0.1) is 0 Å². The summed E-state index contributed by atoms with van der Waals surface area (Å²) in [6, 6.07) is 26.5. The lowest BCUT2D eigenvalue weighted by Gasteiger charge is -2.27. The molecule has 0 bridgehead atoms. The molecule has 1 heterocycles. The van der Waals surface area contributed by atoms with Gasteiger partial charge in [-0.3, -0.25) is 4.79 Å². The Hall–Kier alpha value is -4.00. The molecular weight excluding hydrogens is 454 g/mol. The summed E-state index contributed by atoms with van der Waals surface area (Å²) in [5.74, 6) is 0.728. The van der Waals surface area contributed by atoms with Gasteiger partial charge in [0.2, 0.25) is 5.91 Å². The number of carbonyl (C=O) groups excluding carboxylic acids is 2. The van der Waals surface area contributed by atoms with Crippen molar-refractivity contribution in [2.45, 2.75) is 25.5 Å². The molecule has 1 atom stereocenters. The molecule has 0 radical (unpaired) electrons. The molecule has 0 saturated carbocycles. The normalized spacial score (nSPS) is 14.5. The number of methoxy groups -OCH3 is 1. The fourth-order valence-electron chi connectivity index (χ4n) is 4.37. The van der Waals surface area contributed by atoms with Crippen molar-refractivity contribution < 1.29 is 19.1 Å². The summed E-state index contributed by atoms with van der Waals surface area (Å²) in [6.45, 7) is 2.94. The number of anilines is 1. The minimum atomic E-state index is -0.705. The second kappa shape index (κ2) is 12.6. The molecule has 1 N–H and O–H groups in total. The van der Waals surface area contributed by atoms with Crippen LogP contribution in [0.25, 0.3) is 0 Å². The van der Waals surface area contributed by atoms with Crippen LogP contribution in [0.2, 0.25) is 0 Å². The van der Waals surface area contributed by atoms with Crippen molar-refractivity contribution in [2.75, 3.05) is 38.2 Å². The van der Waals surface area contributed by atoms with Gasteiger partial charge >= 0.3 is 6.09 Å². The second-order valence-corrected chi connectivity index (χ2v) is 8.81. The summed E-state index contributed by atoms with van der Waals surface area (Å²) < 4.78 is 10.7. The van der Waals surface area contributed by atoms with Crippen LogP contribution in [0.1, 0.15) is 17.5 Å². The number of carbonyl (C=O) groups is 2. The molecule has 2 amide bonds. The number of rotatable bonds is 8. The monoisotopic (exact) mass is 487 g/mol. The first-order valence-electron chi connectivity index (χ1n) is 12.3. The Bertz CT molecular complexity index is 1110. The third-order valence-electron chi connectivity index (χ3n) is 6.33. The van der Waals surface area contributed by atoms with Crippen molar-refractivity contribution in [3.63, 3.8) is 0 Å². The van der Waals surface area contributed by atoms with Gasteiger partial charge in [-0.2, -0.15) is 0 Å². The number of amides is 2. The molecule has 0 aromatic heterocycles. The number of ether oxygens (including phenoxy) is 2. The molecule has 0 spiro atoms. The molecule has 7 heteroatoms. The van der Waals surface area contributed by atoms with E-state index < -0.39 is 12.1 Å². The highest BCUT2D eigenvalue weighted by Gasteiger charge is 2.28. The molecule has 3 aromatic rings. The van der Waals surface area contributed by atoms with Crippen LogP contribution < -0.4 is 15.0 Å². The van der Waals surface area contributed by atoms with Crippen LogP contribution in [-0.4, -0.2) is 56.2 Å². The van der Waals surface area contributed by atoms with Gasteiger partial charge in [0, 0.05) is 38.3 Å². The Labute approximate surface area is 212 Å². The average molecular weight is 488 g/mol. The lowest BCUT2D eigenvalue weighted by Crippen LogP contribution is -2.50. The molecule has 188 valence electrons. The van der Waals surface area contributed by atoms with Gasteiger partial charge < -0.3 is 24.6 Å². The highest BCUT2D eigenvalue weighted by atomic mass is 16.5. The highest BCUT2D eigenvalue weighted by Crippen LogP contribution is 2.21. The summed E-state index contributed by atoms with van der Waals surface area (Å²) in [4.78, 5) is 30.4. The number of nitrogens with zero attached hydrogens (tertiary/aromatic N) is 2. The van der Waals surface area contributed by atoms with Gasteiger partial charge in [0.05, 0.1) is 7.11 Å². The van der Waals surface area contributed by atoms with Crippen LogP contribution in [0, 0.1) is 0 Å². The van der Waals surface area contributed by atoms with Crippen molar-refractivity contribution >= 4 is 17.7 Å². The largest absolute Gasteiger partial charge is 0.497 e. The molecule has 3 aromatic carbocycles. The molecule has 1 unspecified atom stereocenters. The average Bonchev–Trinajstić information content (AvgIpc) is 3.19. The predicted octanol–water partition coefficient (Wildman–Crippen LogP) is 4.27. The van der Waals surface area contributed by atoms with E-state index in [2.05, 4.69) is 10.2 Å². The van der Waals surface area contributed by atoms with E-state index >= 15 is 0 Å². The van der Waals surface area contributed by atoms with Gasteiger partial charge in [-0.05, 0) is 41.8 Å². The first-order valence-corrected chi connectivity index (χ1v) is 12.3. The first kappa shape index (κ1) is 25.1. The van der Waals surface area contributed by atoms with E-state index in [4.69, 9.17) is 9.47 Å². The fraction of sp³-hybridized carbons (Fsp3) is 0.310. The van der Waals surface area contributed by atoms with E-state index in [1.54, 1.807) is 7.11 Å². The smallest absolute Gasteiger partial charge is 0.408 e. The van der Waals surface area contributed by atoms with Crippen LogP contribution in [0.15, 0.2) is 84.9 Å².